The van der Waals surface area contributed by atoms with E-state index in [-0.39, 0.29) is 5.82 Å². The van der Waals surface area contributed by atoms with Crippen LogP contribution in [0.4, 0.5) is 4.39 Å². The lowest BCUT2D eigenvalue weighted by Crippen LogP contribution is -2.38. The van der Waals surface area contributed by atoms with Crippen LogP contribution in [0, 0.1) is 23.1 Å². The normalized spacial score (nSPS) is 19.7. The third-order valence-electron chi connectivity index (χ3n) is 4.84. The summed E-state index contributed by atoms with van der Waals surface area (Å²) in [4.78, 5) is 2.50. The van der Waals surface area contributed by atoms with Gasteiger partial charge in [0.2, 0.25) is 0 Å². The highest BCUT2D eigenvalue weighted by Crippen LogP contribution is 2.33. The number of halogens is 1. The Balaban J connectivity index is 1.72. The van der Waals surface area contributed by atoms with Gasteiger partial charge in [0.05, 0.1) is 11.6 Å². The molecule has 3 heteroatoms. The number of hydrogen-bond donors (Lipinski definition) is 0. The average Bonchev–Trinajstić information content (AvgIpc) is 3.33. The summed E-state index contributed by atoms with van der Waals surface area (Å²) in [6.45, 7) is 1.81. The number of nitriles is 1. The van der Waals surface area contributed by atoms with Gasteiger partial charge in [-0.25, -0.2) is 4.39 Å². The van der Waals surface area contributed by atoms with Gasteiger partial charge in [-0.1, -0.05) is 25.3 Å². The molecule has 2 aliphatic rings. The molecule has 3 rings (SSSR count). The highest BCUT2D eigenvalue weighted by Gasteiger charge is 2.29. The van der Waals surface area contributed by atoms with Crippen LogP contribution in [0.3, 0.4) is 0 Å². The van der Waals surface area contributed by atoms with Crippen LogP contribution in [0.2, 0.25) is 0 Å². The van der Waals surface area contributed by atoms with Crippen LogP contribution in [0.5, 0.6) is 0 Å². The quantitative estimate of drug-likeness (QED) is 0.809. The molecule has 1 aromatic rings. The van der Waals surface area contributed by atoms with E-state index in [0.29, 0.717) is 18.2 Å². The summed E-state index contributed by atoms with van der Waals surface area (Å²) in [6, 6.07) is 7.51. The number of benzene rings is 1. The Kier molecular flexibility index (Phi) is 4.55. The smallest absolute Gasteiger partial charge is 0.129 e. The minimum atomic E-state index is -0.231. The van der Waals surface area contributed by atoms with Crippen LogP contribution >= 0.6 is 0 Å². The molecule has 0 radical (unpaired) electrons. The summed E-state index contributed by atoms with van der Waals surface area (Å²) in [6.07, 6.45) is 9.13. The molecule has 112 valence electrons. The van der Waals surface area contributed by atoms with Crippen molar-refractivity contribution in [2.45, 2.75) is 57.5 Å². The van der Waals surface area contributed by atoms with Gasteiger partial charge in [-0.2, -0.15) is 5.26 Å². The Morgan fingerprint density at radius 1 is 1.14 bits per heavy atom. The van der Waals surface area contributed by atoms with E-state index in [9.17, 15) is 4.39 Å². The number of rotatable bonds is 5. The molecule has 2 fully saturated rings. The second-order valence-electron chi connectivity index (χ2n) is 6.58. The molecular weight excluding hydrogens is 263 g/mol. The van der Waals surface area contributed by atoms with E-state index in [4.69, 9.17) is 5.26 Å². The molecule has 2 saturated carbocycles. The molecule has 0 amide bonds. The third-order valence-corrected chi connectivity index (χ3v) is 4.84. The zero-order chi connectivity index (χ0) is 14.7. The van der Waals surface area contributed by atoms with Crippen LogP contribution in [0.15, 0.2) is 18.2 Å². The minimum Gasteiger partial charge on any atom is -0.296 e. The maximum atomic E-state index is 14.1. The molecule has 0 aliphatic heterocycles. The zero-order valence-electron chi connectivity index (χ0n) is 12.5. The molecule has 21 heavy (non-hydrogen) atoms. The van der Waals surface area contributed by atoms with Gasteiger partial charge in [0.1, 0.15) is 5.82 Å². The molecule has 0 aromatic heterocycles. The van der Waals surface area contributed by atoms with Gasteiger partial charge in [0.25, 0.3) is 0 Å². The summed E-state index contributed by atoms with van der Waals surface area (Å²) in [5.74, 6) is 0.596. The Morgan fingerprint density at radius 3 is 2.52 bits per heavy atom. The fourth-order valence-corrected chi connectivity index (χ4v) is 3.38. The van der Waals surface area contributed by atoms with E-state index in [0.717, 1.165) is 18.0 Å². The van der Waals surface area contributed by atoms with Crippen LogP contribution in [-0.2, 0) is 6.54 Å². The number of hydrogen-bond acceptors (Lipinski definition) is 2. The van der Waals surface area contributed by atoms with E-state index in [1.165, 1.54) is 51.0 Å². The Morgan fingerprint density at radius 2 is 1.90 bits per heavy atom. The second-order valence-corrected chi connectivity index (χ2v) is 6.58. The van der Waals surface area contributed by atoms with Crippen molar-refractivity contribution in [2.24, 2.45) is 5.92 Å². The molecule has 0 spiro atoms. The molecule has 0 atom stereocenters. The molecule has 0 N–H and O–H groups in total. The first-order valence-electron chi connectivity index (χ1n) is 8.19. The van der Waals surface area contributed by atoms with Gasteiger partial charge in [-0.15, -0.1) is 0 Å². The Bertz CT molecular complexity index is 525. The van der Waals surface area contributed by atoms with Crippen molar-refractivity contribution in [1.82, 2.24) is 4.90 Å². The topological polar surface area (TPSA) is 27.0 Å². The van der Waals surface area contributed by atoms with Gasteiger partial charge >= 0.3 is 0 Å². The second kappa shape index (κ2) is 6.58. The van der Waals surface area contributed by atoms with Crippen LogP contribution in [0.25, 0.3) is 0 Å². The summed E-state index contributed by atoms with van der Waals surface area (Å²) in [5, 5.41) is 8.84. The first-order chi connectivity index (χ1) is 10.3. The summed E-state index contributed by atoms with van der Waals surface area (Å²) >= 11 is 0. The zero-order valence-corrected chi connectivity index (χ0v) is 12.5. The first kappa shape index (κ1) is 14.5. The lowest BCUT2D eigenvalue weighted by Gasteiger charge is -2.34. The number of nitrogens with zero attached hydrogens (tertiary/aromatic N) is 2. The summed E-state index contributed by atoms with van der Waals surface area (Å²) < 4.78 is 14.1. The largest absolute Gasteiger partial charge is 0.296 e. The molecule has 1 aromatic carbocycles. The molecule has 2 aliphatic carbocycles. The van der Waals surface area contributed by atoms with Gasteiger partial charge in [-0.3, -0.25) is 4.90 Å². The predicted octanol–water partition coefficient (Wildman–Crippen LogP) is 4.24. The van der Waals surface area contributed by atoms with Crippen LogP contribution in [0.1, 0.15) is 56.1 Å². The van der Waals surface area contributed by atoms with Gasteiger partial charge in [0, 0.05) is 24.7 Å². The maximum Gasteiger partial charge on any atom is 0.129 e. The minimum absolute atomic E-state index is 0.231. The first-order valence-corrected chi connectivity index (χ1v) is 8.19. The van der Waals surface area contributed by atoms with Crippen molar-refractivity contribution in [3.8, 4) is 6.07 Å². The predicted molar refractivity (Wildman–Crippen MR) is 81.1 cm³/mol. The van der Waals surface area contributed by atoms with Gasteiger partial charge in [0.15, 0.2) is 0 Å². The van der Waals surface area contributed by atoms with Crippen molar-refractivity contribution < 1.29 is 4.39 Å². The third kappa shape index (κ3) is 3.83. The molecule has 0 heterocycles. The Hall–Kier alpha value is -1.40. The molecule has 0 unspecified atom stereocenters. The molecule has 0 bridgehead atoms. The summed E-state index contributed by atoms with van der Waals surface area (Å²) in [7, 11) is 0. The standard InChI is InChI=1S/C18H23FN2/c19-18-10-15(11-20)8-9-16(18)13-21(12-14-6-7-14)17-4-2-1-3-5-17/h8-10,14,17H,1-7,12-13H2. The van der Waals surface area contributed by atoms with Gasteiger partial charge < -0.3 is 0 Å². The van der Waals surface area contributed by atoms with E-state index >= 15 is 0 Å². The highest BCUT2D eigenvalue weighted by molar-refractivity contribution is 5.32. The monoisotopic (exact) mass is 286 g/mol. The lowest BCUT2D eigenvalue weighted by atomic mass is 9.93. The SMILES string of the molecule is N#Cc1ccc(CN(CC2CC2)C2CCCCC2)c(F)c1. The lowest BCUT2D eigenvalue weighted by molar-refractivity contribution is 0.140. The molecular formula is C18H23FN2. The van der Waals surface area contributed by atoms with Crippen molar-refractivity contribution in [3.05, 3.63) is 35.1 Å². The maximum absolute atomic E-state index is 14.1. The van der Waals surface area contributed by atoms with E-state index < -0.39 is 0 Å². The van der Waals surface area contributed by atoms with Crippen LogP contribution in [-0.4, -0.2) is 17.5 Å². The van der Waals surface area contributed by atoms with Gasteiger partial charge in [-0.05, 0) is 43.7 Å². The highest BCUT2D eigenvalue weighted by atomic mass is 19.1. The molecule has 0 saturated heterocycles. The van der Waals surface area contributed by atoms with Crippen LogP contribution < -0.4 is 0 Å². The van der Waals surface area contributed by atoms with Crippen molar-refractivity contribution in [2.75, 3.05) is 6.54 Å². The summed E-state index contributed by atoms with van der Waals surface area (Å²) in [5.41, 5.74) is 1.14. The van der Waals surface area contributed by atoms with Crippen molar-refractivity contribution in [3.63, 3.8) is 0 Å². The van der Waals surface area contributed by atoms with E-state index in [2.05, 4.69) is 4.90 Å². The van der Waals surface area contributed by atoms with E-state index in [1.54, 1.807) is 12.1 Å². The molecule has 2 nitrogen and oxygen atoms in total. The van der Waals surface area contributed by atoms with Crippen molar-refractivity contribution >= 4 is 0 Å². The fraction of sp³-hybridized carbons (Fsp3) is 0.611. The van der Waals surface area contributed by atoms with E-state index in [1.807, 2.05) is 6.07 Å². The van der Waals surface area contributed by atoms with Crippen molar-refractivity contribution in [1.29, 1.82) is 5.26 Å². The average molecular weight is 286 g/mol. The fourth-order valence-electron chi connectivity index (χ4n) is 3.38. The Labute approximate surface area is 126 Å².